The van der Waals surface area contributed by atoms with Crippen molar-refractivity contribution in [2.24, 2.45) is 11.1 Å². The Balaban J connectivity index is 2.65. The molecule has 0 aromatic carbocycles. The van der Waals surface area contributed by atoms with Crippen LogP contribution >= 0.6 is 0 Å². The highest BCUT2D eigenvalue weighted by molar-refractivity contribution is 6.13. The predicted molar refractivity (Wildman–Crippen MR) is 60.7 cm³/mol. The first-order valence-electron chi connectivity index (χ1n) is 5.40. The van der Waals surface area contributed by atoms with Gasteiger partial charge in [-0.1, -0.05) is 20.8 Å². The molecule has 14 heavy (non-hydrogen) atoms. The largest absolute Gasteiger partial charge is 0.347 e. The molecule has 1 aliphatic heterocycles. The summed E-state index contributed by atoms with van der Waals surface area (Å²) in [5, 5.41) is 0. The molecule has 0 saturated carbocycles. The smallest absolute Gasteiger partial charge is 0.239 e. The summed E-state index contributed by atoms with van der Waals surface area (Å²) in [5.74, 6) is 0.485. The Morgan fingerprint density at radius 2 is 2.14 bits per heavy atom. The number of likely N-dealkylation sites (tertiary alicyclic amines) is 1. The normalized spacial score (nSPS) is 25.1. The van der Waals surface area contributed by atoms with Gasteiger partial charge in [-0.3, -0.25) is 4.79 Å². The molecule has 0 spiro atoms. The summed E-state index contributed by atoms with van der Waals surface area (Å²) in [6.07, 6.45) is 2.23. The Kier molecular flexibility index (Phi) is 3.25. The van der Waals surface area contributed by atoms with Gasteiger partial charge in [0, 0.05) is 6.54 Å². The van der Waals surface area contributed by atoms with Gasteiger partial charge < -0.3 is 10.6 Å². The summed E-state index contributed by atoms with van der Waals surface area (Å²) in [5.41, 5.74) is 5.81. The molecule has 1 aliphatic rings. The van der Waals surface area contributed by atoms with Gasteiger partial charge in [-0.25, -0.2) is 0 Å². The lowest BCUT2D eigenvalue weighted by Gasteiger charge is -2.32. The lowest BCUT2D eigenvalue weighted by molar-refractivity contribution is -0.134. The summed E-state index contributed by atoms with van der Waals surface area (Å²) < 4.78 is 0. The molecule has 0 aromatic heterocycles. The van der Waals surface area contributed by atoms with Crippen LogP contribution < -0.4 is 5.73 Å². The van der Waals surface area contributed by atoms with Gasteiger partial charge in [0.05, 0.1) is 6.04 Å². The van der Waals surface area contributed by atoms with E-state index in [0.717, 1.165) is 19.4 Å². The maximum atomic E-state index is 12.0. The van der Waals surface area contributed by atoms with E-state index in [1.165, 1.54) is 0 Å². The predicted octanol–water partition coefficient (Wildman–Crippen LogP) is -0.0586. The zero-order valence-electron chi connectivity index (χ0n) is 9.71. The molecule has 0 bridgehead atoms. The number of carbonyl (C=O) groups excluding carboxylic acids is 1. The highest BCUT2D eigenvalue weighted by Gasteiger charge is 2.34. The average molecular weight is 196 g/mol. The van der Waals surface area contributed by atoms with Gasteiger partial charge in [0.25, 0.3) is 0 Å². The number of nitrogens with two attached hydrogens (primary N) is 1. The van der Waals surface area contributed by atoms with Crippen molar-refractivity contribution < 1.29 is 4.79 Å². The van der Waals surface area contributed by atoms with Crippen molar-refractivity contribution in [1.29, 1.82) is 0 Å². The molecule has 1 heterocycles. The van der Waals surface area contributed by atoms with Crippen molar-refractivity contribution in [3.8, 4) is 0 Å². The molecular weight excluding hydrogens is 175 g/mol. The van der Waals surface area contributed by atoms with Crippen LogP contribution in [-0.2, 0) is 4.79 Å². The van der Waals surface area contributed by atoms with E-state index in [1.54, 1.807) is 0 Å². The third-order valence-corrected chi connectivity index (χ3v) is 3.04. The van der Waals surface area contributed by atoms with Crippen LogP contribution in [0.3, 0.4) is 0 Å². The summed E-state index contributed by atoms with van der Waals surface area (Å²) in [7, 11) is 2.10. The van der Waals surface area contributed by atoms with Crippen LogP contribution in [0.1, 0.15) is 33.6 Å². The van der Waals surface area contributed by atoms with E-state index in [9.17, 15) is 4.79 Å². The minimum Gasteiger partial charge on any atom is -0.347 e. The Labute approximate surface area is 87.4 Å². The number of rotatable bonds is 1. The topological polar surface area (TPSA) is 46.3 Å². The number of carbonyl (C=O) groups is 1. The molecular formula is C10H21BN2O. The van der Waals surface area contributed by atoms with Crippen LogP contribution in [0.15, 0.2) is 0 Å². The third-order valence-electron chi connectivity index (χ3n) is 3.04. The van der Waals surface area contributed by atoms with Crippen molar-refractivity contribution in [2.75, 3.05) is 6.54 Å². The van der Waals surface area contributed by atoms with Gasteiger partial charge in [-0.05, 0) is 24.2 Å². The van der Waals surface area contributed by atoms with E-state index < -0.39 is 0 Å². The van der Waals surface area contributed by atoms with Gasteiger partial charge in [0.2, 0.25) is 5.91 Å². The molecule has 1 amide bonds. The van der Waals surface area contributed by atoms with E-state index in [2.05, 4.69) is 7.85 Å². The molecule has 2 atom stereocenters. The van der Waals surface area contributed by atoms with E-state index >= 15 is 0 Å². The Morgan fingerprint density at radius 3 is 2.50 bits per heavy atom. The van der Waals surface area contributed by atoms with Gasteiger partial charge in [0.15, 0.2) is 0 Å². The first-order chi connectivity index (χ1) is 6.34. The number of amides is 1. The van der Waals surface area contributed by atoms with Crippen molar-refractivity contribution in [2.45, 2.75) is 45.6 Å². The van der Waals surface area contributed by atoms with Crippen LogP contribution in [0, 0.1) is 5.41 Å². The SMILES string of the molecule is BC1CCCN1C(=O)C(N)C(C)(C)C. The standard InChI is InChI=1S/C10H21BN2O/c1-10(2,3)8(12)9(14)13-6-4-5-7(13)11/h7-8H,4-6,11-12H2,1-3H3. The quantitative estimate of drug-likeness (QED) is 0.597. The van der Waals surface area contributed by atoms with Crippen molar-refractivity contribution in [3.63, 3.8) is 0 Å². The fraction of sp³-hybridized carbons (Fsp3) is 0.900. The number of hydrogen-bond donors (Lipinski definition) is 1. The first-order valence-corrected chi connectivity index (χ1v) is 5.40. The van der Waals surface area contributed by atoms with Crippen molar-refractivity contribution in [1.82, 2.24) is 4.90 Å². The zero-order chi connectivity index (χ0) is 10.9. The summed E-state index contributed by atoms with van der Waals surface area (Å²) in [4.78, 5) is 13.9. The van der Waals surface area contributed by atoms with Crippen LogP contribution in [0.2, 0.25) is 0 Å². The molecule has 80 valence electrons. The molecule has 2 N–H and O–H groups in total. The highest BCUT2D eigenvalue weighted by Crippen LogP contribution is 2.22. The van der Waals surface area contributed by atoms with Gasteiger partial charge >= 0.3 is 0 Å². The Bertz CT molecular complexity index is 221. The summed E-state index contributed by atoms with van der Waals surface area (Å²) in [6.45, 7) is 6.91. The molecule has 1 saturated heterocycles. The minimum absolute atomic E-state index is 0.113. The second kappa shape index (κ2) is 3.93. The van der Waals surface area contributed by atoms with E-state index in [1.807, 2.05) is 25.7 Å². The van der Waals surface area contributed by atoms with Gasteiger partial charge in [-0.15, -0.1) is 0 Å². The van der Waals surface area contributed by atoms with E-state index in [0.29, 0.717) is 5.94 Å². The number of nitrogens with zero attached hydrogens (tertiary/aromatic N) is 1. The average Bonchev–Trinajstić information content (AvgIpc) is 2.47. The van der Waals surface area contributed by atoms with Gasteiger partial charge in [0.1, 0.15) is 7.85 Å². The minimum atomic E-state index is -0.372. The maximum Gasteiger partial charge on any atom is 0.239 e. The van der Waals surface area contributed by atoms with Crippen molar-refractivity contribution >= 4 is 13.8 Å². The van der Waals surface area contributed by atoms with Crippen LogP contribution in [-0.4, -0.2) is 37.2 Å². The van der Waals surface area contributed by atoms with Crippen LogP contribution in [0.4, 0.5) is 0 Å². The second-order valence-corrected chi connectivity index (χ2v) is 5.37. The van der Waals surface area contributed by atoms with Crippen LogP contribution in [0.5, 0.6) is 0 Å². The first kappa shape index (κ1) is 11.6. The zero-order valence-corrected chi connectivity index (χ0v) is 9.71. The van der Waals surface area contributed by atoms with Crippen LogP contribution in [0.25, 0.3) is 0 Å². The fourth-order valence-corrected chi connectivity index (χ4v) is 1.81. The molecule has 0 aromatic rings. The van der Waals surface area contributed by atoms with Crippen molar-refractivity contribution in [3.05, 3.63) is 0 Å². The molecule has 1 fully saturated rings. The van der Waals surface area contributed by atoms with E-state index in [4.69, 9.17) is 5.73 Å². The molecule has 0 radical (unpaired) electrons. The van der Waals surface area contributed by atoms with E-state index in [-0.39, 0.29) is 17.4 Å². The molecule has 0 aliphatic carbocycles. The molecule has 2 unspecified atom stereocenters. The Morgan fingerprint density at radius 1 is 1.57 bits per heavy atom. The molecule has 4 heteroatoms. The third kappa shape index (κ3) is 2.29. The maximum absolute atomic E-state index is 12.0. The molecule has 1 rings (SSSR count). The van der Waals surface area contributed by atoms with Gasteiger partial charge in [-0.2, -0.15) is 0 Å². The Hall–Kier alpha value is -0.505. The highest BCUT2D eigenvalue weighted by atomic mass is 16.2. The fourth-order valence-electron chi connectivity index (χ4n) is 1.81. The summed E-state index contributed by atoms with van der Waals surface area (Å²) >= 11 is 0. The monoisotopic (exact) mass is 196 g/mol. The second-order valence-electron chi connectivity index (χ2n) is 5.37. The summed E-state index contributed by atoms with van der Waals surface area (Å²) in [6, 6.07) is -0.372. The lowest BCUT2D eigenvalue weighted by Crippen LogP contribution is -2.51. The lowest BCUT2D eigenvalue weighted by atomic mass is 9.85. The number of hydrogen-bond acceptors (Lipinski definition) is 2. The molecule has 3 nitrogen and oxygen atoms in total.